The van der Waals surface area contributed by atoms with E-state index in [9.17, 15) is 38.7 Å². The van der Waals surface area contributed by atoms with Crippen molar-refractivity contribution >= 4 is 52.3 Å². The molecule has 15 heteroatoms. The van der Waals surface area contributed by atoms with Gasteiger partial charge < -0.3 is 42.4 Å². The number of para-hydroxylation sites is 1. The second-order valence-corrected chi connectivity index (χ2v) is 14.4. The molecule has 4 atom stereocenters. The number of hydrogen-bond donors (Lipinski definition) is 8. The summed E-state index contributed by atoms with van der Waals surface area (Å²) in [5.41, 5.74) is 7.66. The van der Waals surface area contributed by atoms with Crippen LogP contribution < -0.4 is 32.3 Å². The number of H-pyrrole nitrogens is 1. The molecule has 0 aliphatic carbocycles. The van der Waals surface area contributed by atoms with E-state index in [1.807, 2.05) is 54.6 Å². The lowest BCUT2D eigenvalue weighted by molar-refractivity contribution is -0.141. The molecular formula is C41H57N7O8. The van der Waals surface area contributed by atoms with E-state index in [-0.39, 0.29) is 31.2 Å². The number of amides is 6. The van der Waals surface area contributed by atoms with Gasteiger partial charge in [0.2, 0.25) is 35.4 Å². The molecule has 0 spiro atoms. The number of carboxylic acid groups (broad SMARTS) is 1. The van der Waals surface area contributed by atoms with Crippen molar-refractivity contribution in [2.75, 3.05) is 0 Å². The molecule has 0 radical (unpaired) electrons. The molecule has 1 heterocycles. The highest BCUT2D eigenvalue weighted by Crippen LogP contribution is 2.20. The number of nitrogens with two attached hydrogens (primary N) is 1. The average Bonchev–Trinajstić information content (AvgIpc) is 3.55. The maximum absolute atomic E-state index is 14.1. The molecule has 15 nitrogen and oxygen atoms in total. The van der Waals surface area contributed by atoms with Crippen LogP contribution in [0.15, 0.2) is 60.8 Å². The Balaban J connectivity index is 1.87. The standard InChI is InChI=1S/C41H57N7O8/c1-4-5-6-7-8-9-13-20-36(50)45-31(21-27-16-11-10-12-17-27)39(54)46-32(22-28-25-43-30-19-15-14-18-29(28)30)40(55)47-33(23-35(42)49)41(56)48-34(24-37(51)52)38(53)44-26(2)3/h10-12,14-19,25-26,31-34,43H,4-9,13,20-24H2,1-3H3,(H2,42,49)(H,44,53)(H,45,50)(H,46,54)(H,47,55)(H,48,56)(H,51,52). The Hall–Kier alpha value is -5.73. The van der Waals surface area contributed by atoms with Crippen molar-refractivity contribution < 1.29 is 38.7 Å². The maximum Gasteiger partial charge on any atom is 0.305 e. The molecule has 0 saturated carbocycles. The number of carbonyl (C=O) groups is 7. The van der Waals surface area contributed by atoms with Crippen molar-refractivity contribution in [1.82, 2.24) is 31.6 Å². The molecule has 2 aromatic carbocycles. The Morgan fingerprint density at radius 1 is 0.643 bits per heavy atom. The summed E-state index contributed by atoms with van der Waals surface area (Å²) in [4.78, 5) is 94.4. The number of fused-ring (bicyclic) bond motifs is 1. The molecule has 4 unspecified atom stereocenters. The number of hydrogen-bond acceptors (Lipinski definition) is 7. The first-order valence-electron chi connectivity index (χ1n) is 19.4. The van der Waals surface area contributed by atoms with Gasteiger partial charge in [-0.2, -0.15) is 0 Å². The van der Waals surface area contributed by atoms with Crippen LogP contribution in [-0.4, -0.2) is 81.7 Å². The molecule has 304 valence electrons. The minimum absolute atomic E-state index is 0.0606. The molecular weight excluding hydrogens is 718 g/mol. The summed E-state index contributed by atoms with van der Waals surface area (Å²) in [5, 5.41) is 23.2. The fourth-order valence-electron chi connectivity index (χ4n) is 6.29. The second-order valence-electron chi connectivity index (χ2n) is 14.4. The predicted molar refractivity (Wildman–Crippen MR) is 212 cm³/mol. The van der Waals surface area contributed by atoms with Crippen LogP contribution in [0.2, 0.25) is 0 Å². The normalized spacial score (nSPS) is 13.2. The highest BCUT2D eigenvalue weighted by molar-refractivity contribution is 5.98. The van der Waals surface area contributed by atoms with Crippen LogP contribution in [-0.2, 0) is 46.4 Å². The largest absolute Gasteiger partial charge is 0.481 e. The van der Waals surface area contributed by atoms with E-state index in [4.69, 9.17) is 5.73 Å². The van der Waals surface area contributed by atoms with Gasteiger partial charge >= 0.3 is 5.97 Å². The fraction of sp³-hybridized carbons (Fsp3) is 0.488. The fourth-order valence-corrected chi connectivity index (χ4v) is 6.29. The van der Waals surface area contributed by atoms with E-state index in [1.165, 1.54) is 6.42 Å². The number of aliphatic carboxylic acids is 1. The zero-order valence-corrected chi connectivity index (χ0v) is 32.5. The van der Waals surface area contributed by atoms with Gasteiger partial charge in [0.05, 0.1) is 12.8 Å². The number of benzene rings is 2. The molecule has 3 aromatic rings. The smallest absolute Gasteiger partial charge is 0.305 e. The lowest BCUT2D eigenvalue weighted by Crippen LogP contribution is -2.59. The summed E-state index contributed by atoms with van der Waals surface area (Å²) in [5.74, 6) is -5.95. The van der Waals surface area contributed by atoms with Crippen molar-refractivity contribution in [1.29, 1.82) is 0 Å². The summed E-state index contributed by atoms with van der Waals surface area (Å²) in [6.45, 7) is 5.46. The molecule has 0 saturated heterocycles. The SMILES string of the molecule is CCCCCCCCCC(=O)NC(Cc1ccccc1)C(=O)NC(Cc1c[nH]c2ccccc12)C(=O)NC(CC(N)=O)C(=O)NC(CC(=O)O)C(=O)NC(C)C. The number of nitrogens with one attached hydrogen (secondary N) is 6. The van der Waals surface area contributed by atoms with Crippen molar-refractivity contribution in [2.45, 2.75) is 128 Å². The molecule has 0 bridgehead atoms. The van der Waals surface area contributed by atoms with Gasteiger partial charge in [0.1, 0.15) is 24.2 Å². The van der Waals surface area contributed by atoms with E-state index in [2.05, 4.69) is 38.5 Å². The third-order valence-corrected chi connectivity index (χ3v) is 9.15. The van der Waals surface area contributed by atoms with Gasteiger partial charge in [0.25, 0.3) is 0 Å². The van der Waals surface area contributed by atoms with Gasteiger partial charge in [-0.1, -0.05) is 94.0 Å². The number of rotatable bonds is 25. The summed E-state index contributed by atoms with van der Waals surface area (Å²) in [6.07, 6.45) is 7.70. The van der Waals surface area contributed by atoms with Gasteiger partial charge in [0.15, 0.2) is 0 Å². The van der Waals surface area contributed by atoms with Crippen molar-refractivity contribution in [2.24, 2.45) is 5.73 Å². The Morgan fingerprint density at radius 3 is 1.80 bits per heavy atom. The number of aromatic nitrogens is 1. The monoisotopic (exact) mass is 775 g/mol. The Kier molecular flexibility index (Phi) is 18.5. The lowest BCUT2D eigenvalue weighted by Gasteiger charge is -2.26. The third kappa shape index (κ3) is 15.6. The van der Waals surface area contributed by atoms with Crippen LogP contribution >= 0.6 is 0 Å². The quantitative estimate of drug-likeness (QED) is 0.0594. The third-order valence-electron chi connectivity index (χ3n) is 9.15. The van der Waals surface area contributed by atoms with Gasteiger partial charge in [-0.05, 0) is 37.5 Å². The Labute approximate surface area is 327 Å². The van der Waals surface area contributed by atoms with Crippen LogP contribution in [0.25, 0.3) is 10.9 Å². The summed E-state index contributed by atoms with van der Waals surface area (Å²) >= 11 is 0. The Morgan fingerprint density at radius 2 is 1.18 bits per heavy atom. The minimum atomic E-state index is -1.63. The van der Waals surface area contributed by atoms with E-state index in [1.54, 1.807) is 20.0 Å². The van der Waals surface area contributed by atoms with Crippen molar-refractivity contribution in [3.63, 3.8) is 0 Å². The first kappa shape index (κ1) is 44.7. The number of primary amides is 1. The van der Waals surface area contributed by atoms with Gasteiger partial charge in [-0.25, -0.2) is 0 Å². The average molecular weight is 776 g/mol. The summed E-state index contributed by atoms with van der Waals surface area (Å²) in [6, 6.07) is 10.5. The lowest BCUT2D eigenvalue weighted by atomic mass is 10.0. The second kappa shape index (κ2) is 23.2. The van der Waals surface area contributed by atoms with E-state index >= 15 is 0 Å². The molecule has 0 aliphatic heterocycles. The maximum atomic E-state index is 14.1. The van der Waals surface area contributed by atoms with E-state index < -0.39 is 72.5 Å². The molecule has 1 aromatic heterocycles. The van der Waals surface area contributed by atoms with Gasteiger partial charge in [-0.15, -0.1) is 0 Å². The van der Waals surface area contributed by atoms with Gasteiger partial charge in [0, 0.05) is 42.4 Å². The van der Waals surface area contributed by atoms with Crippen LogP contribution in [0.1, 0.15) is 96.1 Å². The first-order valence-corrected chi connectivity index (χ1v) is 19.4. The number of carbonyl (C=O) groups excluding carboxylic acids is 6. The van der Waals surface area contributed by atoms with Crippen molar-refractivity contribution in [3.8, 4) is 0 Å². The van der Waals surface area contributed by atoms with Crippen molar-refractivity contribution in [3.05, 3.63) is 71.9 Å². The van der Waals surface area contributed by atoms with Crippen LogP contribution in [0.4, 0.5) is 0 Å². The number of aromatic amines is 1. The van der Waals surface area contributed by atoms with E-state index in [0.29, 0.717) is 12.0 Å². The molecule has 9 N–H and O–H groups in total. The highest BCUT2D eigenvalue weighted by Gasteiger charge is 2.33. The molecule has 0 aliphatic rings. The van der Waals surface area contributed by atoms with Crippen LogP contribution in [0, 0.1) is 0 Å². The zero-order chi connectivity index (χ0) is 41.0. The van der Waals surface area contributed by atoms with E-state index in [0.717, 1.165) is 48.6 Å². The molecule has 0 fully saturated rings. The van der Waals surface area contributed by atoms with Gasteiger partial charge in [-0.3, -0.25) is 33.6 Å². The number of unbranched alkanes of at least 4 members (excludes halogenated alkanes) is 6. The molecule has 3 rings (SSSR count). The summed E-state index contributed by atoms with van der Waals surface area (Å²) in [7, 11) is 0. The topological polar surface area (TPSA) is 242 Å². The number of carboxylic acids is 1. The molecule has 56 heavy (non-hydrogen) atoms. The van der Waals surface area contributed by atoms with Crippen LogP contribution in [0.5, 0.6) is 0 Å². The minimum Gasteiger partial charge on any atom is -0.481 e. The predicted octanol–water partition coefficient (Wildman–Crippen LogP) is 2.91. The Bertz CT molecular complexity index is 1780. The first-order chi connectivity index (χ1) is 26.8. The summed E-state index contributed by atoms with van der Waals surface area (Å²) < 4.78 is 0. The zero-order valence-electron chi connectivity index (χ0n) is 32.5. The van der Waals surface area contributed by atoms with Crippen LogP contribution in [0.3, 0.4) is 0 Å². The highest BCUT2D eigenvalue weighted by atomic mass is 16.4. The molecule has 6 amide bonds.